The van der Waals surface area contributed by atoms with Gasteiger partial charge in [-0.1, -0.05) is 0 Å². The first-order valence-electron chi connectivity index (χ1n) is 6.59. The highest BCUT2D eigenvalue weighted by Gasteiger charge is 2.52. The van der Waals surface area contributed by atoms with E-state index in [4.69, 9.17) is 4.74 Å². The van der Waals surface area contributed by atoms with E-state index in [0.29, 0.717) is 12.8 Å². The van der Waals surface area contributed by atoms with Crippen LogP contribution in [0, 0.1) is 23.5 Å². The maximum Gasteiger partial charge on any atom is 0.230 e. The Morgan fingerprint density at radius 1 is 1.14 bits per heavy atom. The van der Waals surface area contributed by atoms with Gasteiger partial charge in [-0.15, -0.1) is 0 Å². The molecule has 2 aliphatic rings. The zero-order chi connectivity index (χ0) is 15.1. The molecule has 112 valence electrons. The van der Waals surface area contributed by atoms with Gasteiger partial charge >= 0.3 is 0 Å². The minimum atomic E-state index is -1.33. The second kappa shape index (κ2) is 5.07. The molecule has 0 spiro atoms. The number of carbonyl (C=O) groups excluding carboxylic acids is 2. The number of halogens is 2. The Bertz CT molecular complexity index is 607. The average Bonchev–Trinajstić information content (AvgIpc) is 3.03. The average molecular weight is 296 g/mol. The van der Waals surface area contributed by atoms with Crippen LogP contribution in [0.4, 0.5) is 14.5 Å². The molecule has 2 heterocycles. The number of rotatable bonds is 3. The van der Waals surface area contributed by atoms with Crippen molar-refractivity contribution >= 4 is 17.6 Å². The minimum Gasteiger partial charge on any atom is -0.550 e. The second-order valence-corrected chi connectivity index (χ2v) is 5.28. The minimum absolute atomic E-state index is 0.0683. The molecule has 2 fully saturated rings. The van der Waals surface area contributed by atoms with Gasteiger partial charge in [0.25, 0.3) is 0 Å². The van der Waals surface area contributed by atoms with Gasteiger partial charge in [-0.3, -0.25) is 4.79 Å². The second-order valence-electron chi connectivity index (χ2n) is 5.28. The van der Waals surface area contributed by atoms with E-state index in [1.807, 2.05) is 0 Å². The molecule has 7 heteroatoms. The van der Waals surface area contributed by atoms with Gasteiger partial charge in [0.2, 0.25) is 5.91 Å². The van der Waals surface area contributed by atoms with Gasteiger partial charge in [-0.25, -0.2) is 8.78 Å². The zero-order valence-corrected chi connectivity index (χ0v) is 10.8. The van der Waals surface area contributed by atoms with Gasteiger partial charge in [0.1, 0.15) is 0 Å². The lowest BCUT2D eigenvalue weighted by Gasteiger charge is -2.27. The van der Waals surface area contributed by atoms with E-state index in [1.165, 1.54) is 6.07 Å². The summed E-state index contributed by atoms with van der Waals surface area (Å²) in [7, 11) is 0. The number of hydrogen-bond donors (Lipinski definition) is 1. The zero-order valence-electron chi connectivity index (χ0n) is 10.8. The summed E-state index contributed by atoms with van der Waals surface area (Å²) >= 11 is 0. The maximum absolute atomic E-state index is 13.1. The molecule has 1 aromatic rings. The van der Waals surface area contributed by atoms with Crippen molar-refractivity contribution in [2.75, 3.05) is 5.32 Å². The van der Waals surface area contributed by atoms with Crippen LogP contribution in [0.15, 0.2) is 18.2 Å². The Hall–Kier alpha value is -2.02. The number of aliphatic carboxylic acids is 1. The fourth-order valence-corrected chi connectivity index (χ4v) is 3.11. The summed E-state index contributed by atoms with van der Waals surface area (Å²) in [5, 5.41) is 13.6. The van der Waals surface area contributed by atoms with Crippen molar-refractivity contribution in [1.29, 1.82) is 0 Å². The van der Waals surface area contributed by atoms with Crippen molar-refractivity contribution in [3.8, 4) is 0 Å². The largest absolute Gasteiger partial charge is 0.550 e. The molecule has 1 aromatic carbocycles. The fraction of sp³-hybridized carbons (Fsp3) is 0.429. The highest BCUT2D eigenvalue weighted by molar-refractivity contribution is 5.96. The molecule has 5 nitrogen and oxygen atoms in total. The number of amides is 1. The van der Waals surface area contributed by atoms with E-state index in [1.54, 1.807) is 0 Å². The number of carboxylic acids is 1. The summed E-state index contributed by atoms with van der Waals surface area (Å²) in [5.74, 6) is -5.90. The van der Waals surface area contributed by atoms with Crippen molar-refractivity contribution in [2.45, 2.75) is 25.0 Å². The van der Waals surface area contributed by atoms with Gasteiger partial charge < -0.3 is 20.0 Å². The first kappa shape index (κ1) is 13.9. The van der Waals surface area contributed by atoms with Gasteiger partial charge in [-0.05, 0) is 25.0 Å². The molecule has 0 aliphatic carbocycles. The molecule has 0 aromatic heterocycles. The van der Waals surface area contributed by atoms with Crippen LogP contribution in [0.2, 0.25) is 0 Å². The Balaban J connectivity index is 1.78. The molecule has 1 N–H and O–H groups in total. The van der Waals surface area contributed by atoms with Crippen LogP contribution in [0.25, 0.3) is 0 Å². The van der Waals surface area contributed by atoms with Gasteiger partial charge in [0.05, 0.1) is 18.1 Å². The van der Waals surface area contributed by atoms with Crippen molar-refractivity contribution in [1.82, 2.24) is 0 Å². The third-order valence-electron chi connectivity index (χ3n) is 4.04. The number of carboxylic acid groups (broad SMARTS) is 1. The Labute approximate surface area is 118 Å². The molecule has 21 heavy (non-hydrogen) atoms. The Morgan fingerprint density at radius 3 is 2.43 bits per heavy atom. The van der Waals surface area contributed by atoms with Crippen LogP contribution in [0.5, 0.6) is 0 Å². The van der Waals surface area contributed by atoms with E-state index >= 15 is 0 Å². The Kier molecular flexibility index (Phi) is 3.36. The summed E-state index contributed by atoms with van der Waals surface area (Å²) in [6.07, 6.45) is 0.201. The first-order valence-corrected chi connectivity index (χ1v) is 6.59. The number of carbonyl (C=O) groups is 2. The standard InChI is InChI=1S/C14H13F2NO4/c15-7-2-1-6(5-8(7)16)17-13(18)11-9-3-4-10(21-9)12(11)14(19)20/h1-2,5,9-12H,3-4H2,(H,17,18)(H,19,20)/p-1/t9-,10+,11+,12-/m1/s1. The molecule has 0 saturated carbocycles. The van der Waals surface area contributed by atoms with Crippen LogP contribution >= 0.6 is 0 Å². The molecular weight excluding hydrogens is 284 g/mol. The molecule has 0 unspecified atom stereocenters. The SMILES string of the molecule is O=C(Nc1ccc(F)c(F)c1)[C@@H]1[C@H](C(=O)[O-])[C@@H]2CC[C@H]1O2. The molecule has 3 rings (SSSR count). The summed E-state index contributed by atoms with van der Waals surface area (Å²) in [4.78, 5) is 23.4. The lowest BCUT2D eigenvalue weighted by molar-refractivity contribution is -0.313. The summed E-state index contributed by atoms with van der Waals surface area (Å²) in [6, 6.07) is 2.94. The molecule has 0 radical (unpaired) electrons. The van der Waals surface area contributed by atoms with Crippen LogP contribution in [-0.4, -0.2) is 24.1 Å². The van der Waals surface area contributed by atoms with E-state index in [9.17, 15) is 23.5 Å². The first-order chi connectivity index (χ1) is 9.97. The molecule has 2 bridgehead atoms. The lowest BCUT2D eigenvalue weighted by Crippen LogP contribution is -2.46. The predicted octanol–water partition coefficient (Wildman–Crippen LogP) is 0.447. The quantitative estimate of drug-likeness (QED) is 0.878. The fourth-order valence-electron chi connectivity index (χ4n) is 3.11. The number of ether oxygens (including phenoxy) is 1. The topological polar surface area (TPSA) is 78.5 Å². The number of anilines is 1. The maximum atomic E-state index is 13.1. The molecule has 4 atom stereocenters. The van der Waals surface area contributed by atoms with Crippen LogP contribution < -0.4 is 10.4 Å². The van der Waals surface area contributed by atoms with Crippen LogP contribution in [0.3, 0.4) is 0 Å². The third-order valence-corrected chi connectivity index (χ3v) is 4.04. The van der Waals surface area contributed by atoms with Crippen molar-refractivity contribution < 1.29 is 28.2 Å². The number of benzene rings is 1. The predicted molar refractivity (Wildman–Crippen MR) is 64.9 cm³/mol. The van der Waals surface area contributed by atoms with Crippen molar-refractivity contribution in [2.24, 2.45) is 11.8 Å². The van der Waals surface area contributed by atoms with Gasteiger partial charge in [0, 0.05) is 23.6 Å². The smallest absolute Gasteiger partial charge is 0.230 e. The van der Waals surface area contributed by atoms with E-state index in [2.05, 4.69) is 5.32 Å². The number of fused-ring (bicyclic) bond motifs is 2. The highest BCUT2D eigenvalue weighted by Crippen LogP contribution is 2.43. The molecule has 2 saturated heterocycles. The number of hydrogen-bond acceptors (Lipinski definition) is 4. The van der Waals surface area contributed by atoms with Crippen LogP contribution in [-0.2, 0) is 14.3 Å². The third kappa shape index (κ3) is 2.37. The van der Waals surface area contributed by atoms with Crippen molar-refractivity contribution in [3.63, 3.8) is 0 Å². The van der Waals surface area contributed by atoms with E-state index in [-0.39, 0.29) is 5.69 Å². The van der Waals surface area contributed by atoms with Crippen LogP contribution in [0.1, 0.15) is 12.8 Å². The number of nitrogens with one attached hydrogen (secondary N) is 1. The summed E-state index contributed by atoms with van der Waals surface area (Å²) < 4.78 is 31.4. The Morgan fingerprint density at radius 2 is 1.81 bits per heavy atom. The molecule has 2 aliphatic heterocycles. The van der Waals surface area contributed by atoms with Gasteiger partial charge in [0.15, 0.2) is 11.6 Å². The lowest BCUT2D eigenvalue weighted by atomic mass is 9.78. The van der Waals surface area contributed by atoms with E-state index < -0.39 is 47.6 Å². The summed E-state index contributed by atoms with van der Waals surface area (Å²) in [5.41, 5.74) is 0.0683. The van der Waals surface area contributed by atoms with E-state index in [0.717, 1.165) is 12.1 Å². The molecular formula is C14H12F2NO4-. The van der Waals surface area contributed by atoms with Gasteiger partial charge in [-0.2, -0.15) is 0 Å². The summed E-state index contributed by atoms with van der Waals surface area (Å²) in [6.45, 7) is 0. The highest BCUT2D eigenvalue weighted by atomic mass is 19.2. The molecule has 1 amide bonds. The monoisotopic (exact) mass is 296 g/mol. The van der Waals surface area contributed by atoms with Crippen molar-refractivity contribution in [3.05, 3.63) is 29.8 Å². The normalized spacial score (nSPS) is 30.4.